The highest BCUT2D eigenvalue weighted by Crippen LogP contribution is 2.10. The van der Waals surface area contributed by atoms with Gasteiger partial charge in [-0.2, -0.15) is 0 Å². The van der Waals surface area contributed by atoms with E-state index in [1.807, 2.05) is 0 Å². The fourth-order valence-corrected chi connectivity index (χ4v) is 0.742. The van der Waals surface area contributed by atoms with E-state index in [1.165, 1.54) is 0 Å². The Morgan fingerprint density at radius 3 is 2.80 bits per heavy atom. The minimum atomic E-state index is -0.350. The number of aliphatic hydroxyl groups excluding tert-OH is 1. The number of rotatable bonds is 2. The van der Waals surface area contributed by atoms with E-state index in [0.29, 0.717) is 5.69 Å². The number of nitrogens with one attached hydrogen (secondary N) is 1. The van der Waals surface area contributed by atoms with Crippen molar-refractivity contribution >= 4 is 5.69 Å². The molecule has 1 aromatic rings. The molecule has 0 amide bonds. The second-order valence-electron chi connectivity index (χ2n) is 2.18. The Hall–Kier alpha value is -1.00. The lowest BCUT2D eigenvalue weighted by Gasteiger charge is -2.02. The van der Waals surface area contributed by atoms with E-state index < -0.39 is 0 Å². The summed E-state index contributed by atoms with van der Waals surface area (Å²) in [6.07, 6.45) is 1.64. The second kappa shape index (κ2) is 2.72. The summed E-state index contributed by atoms with van der Waals surface area (Å²) in [5.74, 6) is 0. The largest absolute Gasteiger partial charge is 0.397 e. The molecule has 10 heavy (non-hydrogen) atoms. The van der Waals surface area contributed by atoms with Crippen LogP contribution in [-0.4, -0.2) is 16.7 Å². The van der Waals surface area contributed by atoms with E-state index in [1.54, 1.807) is 12.3 Å². The van der Waals surface area contributed by atoms with Crippen LogP contribution in [0.25, 0.3) is 0 Å². The number of aliphatic hydroxyl groups is 1. The molecule has 1 heterocycles. The third-order valence-corrected chi connectivity index (χ3v) is 1.32. The Kier molecular flexibility index (Phi) is 1.94. The van der Waals surface area contributed by atoms with Crippen molar-refractivity contribution in [2.45, 2.75) is 6.04 Å². The number of aromatic amines is 1. The van der Waals surface area contributed by atoms with Crippen LogP contribution in [-0.2, 0) is 0 Å². The Balaban J connectivity index is 2.74. The number of hydrogen-bond donors (Lipinski definition) is 4. The summed E-state index contributed by atoms with van der Waals surface area (Å²) >= 11 is 0. The highest BCUT2D eigenvalue weighted by Gasteiger charge is 2.04. The highest BCUT2D eigenvalue weighted by molar-refractivity contribution is 5.38. The van der Waals surface area contributed by atoms with Gasteiger partial charge in [0.15, 0.2) is 0 Å². The van der Waals surface area contributed by atoms with Crippen molar-refractivity contribution in [2.75, 3.05) is 12.3 Å². The molecule has 0 saturated carbocycles. The standard InChI is InChI=1S/C6H11N3O/c7-4-1-6(9-2-4)5(8)3-10/h1-2,5,9-10H,3,7-8H2/t5-/m1/s1. The minimum Gasteiger partial charge on any atom is -0.397 e. The van der Waals surface area contributed by atoms with E-state index in [0.717, 1.165) is 5.69 Å². The Morgan fingerprint density at radius 2 is 2.40 bits per heavy atom. The number of nitrogen functional groups attached to an aromatic ring is 1. The van der Waals surface area contributed by atoms with Crippen LogP contribution in [0.4, 0.5) is 5.69 Å². The van der Waals surface area contributed by atoms with Gasteiger partial charge in [-0.05, 0) is 6.07 Å². The van der Waals surface area contributed by atoms with Gasteiger partial charge in [-0.1, -0.05) is 0 Å². The first-order valence-corrected chi connectivity index (χ1v) is 3.04. The summed E-state index contributed by atoms with van der Waals surface area (Å²) in [5.41, 5.74) is 12.3. The molecule has 0 aliphatic heterocycles. The number of nitrogens with two attached hydrogens (primary N) is 2. The van der Waals surface area contributed by atoms with Crippen molar-refractivity contribution in [2.24, 2.45) is 5.73 Å². The van der Waals surface area contributed by atoms with Gasteiger partial charge < -0.3 is 21.6 Å². The van der Waals surface area contributed by atoms with E-state index in [-0.39, 0.29) is 12.6 Å². The average molecular weight is 141 g/mol. The molecule has 1 rings (SSSR count). The fourth-order valence-electron chi connectivity index (χ4n) is 0.742. The van der Waals surface area contributed by atoms with Crippen molar-refractivity contribution < 1.29 is 5.11 Å². The maximum Gasteiger partial charge on any atom is 0.0683 e. The van der Waals surface area contributed by atoms with Gasteiger partial charge >= 0.3 is 0 Å². The van der Waals surface area contributed by atoms with Crippen LogP contribution in [0.1, 0.15) is 11.7 Å². The molecule has 4 heteroatoms. The van der Waals surface area contributed by atoms with Crippen molar-refractivity contribution in [3.05, 3.63) is 18.0 Å². The monoisotopic (exact) mass is 141 g/mol. The summed E-state index contributed by atoms with van der Waals surface area (Å²) < 4.78 is 0. The summed E-state index contributed by atoms with van der Waals surface area (Å²) in [6.45, 7) is -0.0695. The van der Waals surface area contributed by atoms with Crippen LogP contribution in [0, 0.1) is 0 Å². The van der Waals surface area contributed by atoms with Crippen LogP contribution < -0.4 is 11.5 Å². The molecule has 0 aromatic carbocycles. The van der Waals surface area contributed by atoms with Gasteiger partial charge in [-0.3, -0.25) is 0 Å². The summed E-state index contributed by atoms with van der Waals surface area (Å²) in [4.78, 5) is 2.85. The Bertz CT molecular complexity index is 209. The number of hydrogen-bond acceptors (Lipinski definition) is 3. The zero-order valence-electron chi connectivity index (χ0n) is 5.54. The first kappa shape index (κ1) is 7.11. The Morgan fingerprint density at radius 1 is 1.70 bits per heavy atom. The van der Waals surface area contributed by atoms with Gasteiger partial charge in [-0.25, -0.2) is 0 Å². The first-order chi connectivity index (χ1) is 4.74. The molecule has 0 bridgehead atoms. The summed E-state index contributed by atoms with van der Waals surface area (Å²) in [5, 5.41) is 8.61. The third-order valence-electron chi connectivity index (χ3n) is 1.32. The van der Waals surface area contributed by atoms with Crippen LogP contribution in [0.15, 0.2) is 12.3 Å². The summed E-state index contributed by atoms with van der Waals surface area (Å²) in [6, 6.07) is 1.36. The molecule has 0 spiro atoms. The first-order valence-electron chi connectivity index (χ1n) is 3.04. The molecule has 1 atom stereocenters. The van der Waals surface area contributed by atoms with E-state index in [9.17, 15) is 0 Å². The van der Waals surface area contributed by atoms with Crippen LogP contribution in [0.3, 0.4) is 0 Å². The second-order valence-corrected chi connectivity index (χ2v) is 2.18. The van der Waals surface area contributed by atoms with Gasteiger partial charge in [0.2, 0.25) is 0 Å². The molecule has 4 nitrogen and oxygen atoms in total. The number of anilines is 1. The van der Waals surface area contributed by atoms with Gasteiger partial charge in [-0.15, -0.1) is 0 Å². The van der Waals surface area contributed by atoms with Crippen LogP contribution in [0.5, 0.6) is 0 Å². The molecule has 0 radical (unpaired) electrons. The highest BCUT2D eigenvalue weighted by atomic mass is 16.3. The molecule has 56 valence electrons. The maximum atomic E-state index is 8.61. The quantitative estimate of drug-likeness (QED) is 0.451. The van der Waals surface area contributed by atoms with E-state index >= 15 is 0 Å². The average Bonchev–Trinajstić information content (AvgIpc) is 2.34. The molecule has 1 aromatic heterocycles. The molecule has 0 fully saturated rings. The molecule has 0 unspecified atom stereocenters. The number of aromatic nitrogens is 1. The molecule has 0 aliphatic rings. The molecular formula is C6H11N3O. The minimum absolute atomic E-state index is 0.0695. The molecular weight excluding hydrogens is 130 g/mol. The lowest BCUT2D eigenvalue weighted by atomic mass is 10.2. The smallest absolute Gasteiger partial charge is 0.0683 e. The normalized spacial score (nSPS) is 13.4. The predicted molar refractivity (Wildman–Crippen MR) is 39.2 cm³/mol. The van der Waals surface area contributed by atoms with Crippen molar-refractivity contribution in [1.29, 1.82) is 0 Å². The zero-order chi connectivity index (χ0) is 7.56. The van der Waals surface area contributed by atoms with Crippen LogP contribution >= 0.6 is 0 Å². The van der Waals surface area contributed by atoms with Crippen LogP contribution in [0.2, 0.25) is 0 Å². The zero-order valence-corrected chi connectivity index (χ0v) is 5.54. The van der Waals surface area contributed by atoms with Gasteiger partial charge in [0.25, 0.3) is 0 Å². The lowest BCUT2D eigenvalue weighted by molar-refractivity contribution is 0.266. The van der Waals surface area contributed by atoms with Gasteiger partial charge in [0.05, 0.1) is 12.6 Å². The van der Waals surface area contributed by atoms with E-state index in [4.69, 9.17) is 16.6 Å². The van der Waals surface area contributed by atoms with Crippen molar-refractivity contribution in [3.63, 3.8) is 0 Å². The maximum absolute atomic E-state index is 8.61. The Labute approximate surface area is 58.8 Å². The predicted octanol–water partition coefficient (Wildman–Crippen LogP) is -0.411. The van der Waals surface area contributed by atoms with E-state index in [2.05, 4.69) is 4.98 Å². The molecule has 6 N–H and O–H groups in total. The van der Waals surface area contributed by atoms with Gasteiger partial charge in [0.1, 0.15) is 0 Å². The van der Waals surface area contributed by atoms with Crippen molar-refractivity contribution in [1.82, 2.24) is 4.98 Å². The fraction of sp³-hybridized carbons (Fsp3) is 0.333. The SMILES string of the molecule is Nc1c[nH]c([C@H](N)CO)c1. The molecule has 0 saturated heterocycles. The van der Waals surface area contributed by atoms with Crippen molar-refractivity contribution in [3.8, 4) is 0 Å². The number of H-pyrrole nitrogens is 1. The lowest BCUT2D eigenvalue weighted by Crippen LogP contribution is -2.14. The third kappa shape index (κ3) is 1.29. The molecule has 0 aliphatic carbocycles. The topological polar surface area (TPSA) is 88.1 Å². The summed E-state index contributed by atoms with van der Waals surface area (Å²) in [7, 11) is 0. The van der Waals surface area contributed by atoms with Gasteiger partial charge in [0, 0.05) is 17.6 Å².